The molecule has 0 radical (unpaired) electrons. The first-order valence-corrected chi connectivity index (χ1v) is 19.2. The quantitative estimate of drug-likeness (QED) is 0.141. The number of pyridine rings is 2. The average molecular weight is 734 g/mol. The molecule has 2 saturated heterocycles. The molecule has 3 aromatic carbocycles. The molecule has 3 aliphatic rings. The lowest BCUT2D eigenvalue weighted by Gasteiger charge is -2.35. The number of nitrogens with one attached hydrogen (secondary N) is 1. The van der Waals surface area contributed by atoms with Crippen molar-refractivity contribution in [3.05, 3.63) is 100 Å². The fourth-order valence-electron chi connectivity index (χ4n) is 9.05. The molecule has 0 spiro atoms. The van der Waals surface area contributed by atoms with Crippen molar-refractivity contribution >= 4 is 39.5 Å². The molecule has 9 rings (SSSR count). The van der Waals surface area contributed by atoms with Gasteiger partial charge in [-0.25, -0.2) is 9.97 Å². The van der Waals surface area contributed by atoms with Crippen LogP contribution in [0.1, 0.15) is 65.1 Å². The summed E-state index contributed by atoms with van der Waals surface area (Å²) in [5.74, 6) is 0.163. The van der Waals surface area contributed by atoms with E-state index >= 15 is 0 Å². The molecule has 3 N–H and O–H groups in total. The van der Waals surface area contributed by atoms with E-state index in [0.717, 1.165) is 107 Å². The fourth-order valence-corrected chi connectivity index (χ4v) is 9.05. The Morgan fingerprint density at radius 3 is 2.53 bits per heavy atom. The van der Waals surface area contributed by atoms with E-state index < -0.39 is 5.97 Å². The number of carboxylic acid groups (broad SMARTS) is 1. The zero-order chi connectivity index (χ0) is 37.8. The van der Waals surface area contributed by atoms with Gasteiger partial charge >= 0.3 is 5.97 Å². The van der Waals surface area contributed by atoms with Gasteiger partial charge in [-0.1, -0.05) is 24.3 Å². The zero-order valence-electron chi connectivity index (χ0n) is 31.0. The summed E-state index contributed by atoms with van der Waals surface area (Å²) in [4.78, 5) is 30.7. The lowest BCUT2D eigenvalue weighted by molar-refractivity contribution is -0.143. The van der Waals surface area contributed by atoms with Crippen LogP contribution in [0.4, 0.5) is 11.5 Å². The molecule has 11 heteroatoms. The van der Waals surface area contributed by atoms with Crippen molar-refractivity contribution in [2.24, 2.45) is 5.92 Å². The Bertz CT molecular complexity index is 2510. The molecule has 2 aliphatic heterocycles. The van der Waals surface area contributed by atoms with Crippen molar-refractivity contribution in [2.75, 3.05) is 31.5 Å². The second-order valence-electron chi connectivity index (χ2n) is 15.3. The van der Waals surface area contributed by atoms with Crippen molar-refractivity contribution in [1.82, 2.24) is 24.8 Å². The Morgan fingerprint density at radius 1 is 0.982 bits per heavy atom. The normalized spacial score (nSPS) is 19.2. The highest BCUT2D eigenvalue weighted by molar-refractivity contribution is 5.91. The largest absolute Gasteiger partial charge is 0.481 e. The predicted octanol–water partition coefficient (Wildman–Crippen LogP) is 7.69. The number of aliphatic hydroxyl groups is 1. The molecule has 1 aliphatic carbocycles. The monoisotopic (exact) mass is 733 g/mol. The van der Waals surface area contributed by atoms with Crippen LogP contribution in [0.3, 0.4) is 0 Å². The third-order valence-corrected chi connectivity index (χ3v) is 12.0. The summed E-state index contributed by atoms with van der Waals surface area (Å²) in [6, 6.07) is 21.2. The van der Waals surface area contributed by atoms with Gasteiger partial charge in [0, 0.05) is 54.7 Å². The minimum Gasteiger partial charge on any atom is -0.481 e. The molecule has 3 aromatic heterocycles. The number of aliphatic carboxylic acids is 1. The van der Waals surface area contributed by atoms with Crippen LogP contribution >= 0.6 is 0 Å². The molecule has 6 aromatic rings. The highest BCUT2D eigenvalue weighted by Crippen LogP contribution is 2.44. The van der Waals surface area contributed by atoms with Gasteiger partial charge in [-0.05, 0) is 128 Å². The molecule has 0 saturated carbocycles. The van der Waals surface area contributed by atoms with Gasteiger partial charge in [-0.15, -0.1) is 0 Å². The number of nitriles is 1. The van der Waals surface area contributed by atoms with Crippen molar-refractivity contribution in [2.45, 2.75) is 64.6 Å². The summed E-state index contributed by atoms with van der Waals surface area (Å²) in [6.07, 6.45) is 7.22. The Morgan fingerprint density at radius 2 is 1.76 bits per heavy atom. The van der Waals surface area contributed by atoms with E-state index in [1.165, 1.54) is 0 Å². The molecule has 2 fully saturated rings. The minimum absolute atomic E-state index is 0.142. The molecule has 0 amide bonds. The first-order chi connectivity index (χ1) is 26.7. The second kappa shape index (κ2) is 14.2. The summed E-state index contributed by atoms with van der Waals surface area (Å²) < 4.78 is 6.46. The maximum atomic E-state index is 11.6. The number of aromatic nitrogens is 3. The predicted molar refractivity (Wildman–Crippen MR) is 211 cm³/mol. The van der Waals surface area contributed by atoms with Crippen molar-refractivity contribution in [3.8, 4) is 28.7 Å². The molecule has 5 heterocycles. The Balaban J connectivity index is 1.00. The topological polar surface area (TPSA) is 152 Å². The van der Waals surface area contributed by atoms with Gasteiger partial charge < -0.3 is 19.9 Å². The van der Waals surface area contributed by atoms with E-state index in [9.17, 15) is 20.3 Å². The highest BCUT2D eigenvalue weighted by atomic mass is 16.4. The van der Waals surface area contributed by atoms with Crippen LogP contribution in [-0.2, 0) is 17.8 Å². The van der Waals surface area contributed by atoms with E-state index in [1.54, 1.807) is 6.20 Å². The Kier molecular flexibility index (Phi) is 9.05. The smallest absolute Gasteiger partial charge is 0.306 e. The fraction of sp³-hybridized carbons (Fsp3) is 0.341. The molecule has 55 heavy (non-hydrogen) atoms. The summed E-state index contributed by atoms with van der Waals surface area (Å²) in [5.41, 5.74) is 11.8. The number of fused-ring (bicyclic) bond motifs is 3. The van der Waals surface area contributed by atoms with E-state index in [2.05, 4.69) is 70.3 Å². The van der Waals surface area contributed by atoms with Gasteiger partial charge in [0.15, 0.2) is 11.4 Å². The summed E-state index contributed by atoms with van der Waals surface area (Å²) in [5, 5.41) is 34.4. The maximum absolute atomic E-state index is 11.6. The molecule has 0 unspecified atom stereocenters. The number of oxazole rings is 1. The van der Waals surface area contributed by atoms with E-state index in [1.807, 2.05) is 30.5 Å². The number of benzene rings is 3. The molecular formula is C44H43N7O4. The number of nitrogens with zero attached hydrogens (tertiary/aromatic N) is 6. The van der Waals surface area contributed by atoms with Crippen LogP contribution in [0.25, 0.3) is 44.6 Å². The summed E-state index contributed by atoms with van der Waals surface area (Å²) >= 11 is 0. The molecule has 11 nitrogen and oxygen atoms in total. The van der Waals surface area contributed by atoms with E-state index in [4.69, 9.17) is 14.4 Å². The number of hydrogen-bond acceptors (Lipinski definition) is 10. The lowest BCUT2D eigenvalue weighted by atomic mass is 9.93. The Hall–Kier alpha value is -5.67. The number of carbonyl (C=O) groups is 1. The van der Waals surface area contributed by atoms with Gasteiger partial charge in [0.1, 0.15) is 22.7 Å². The van der Waals surface area contributed by atoms with Crippen LogP contribution in [0, 0.1) is 31.1 Å². The first kappa shape index (κ1) is 35.1. The molecule has 0 bridgehead atoms. The van der Waals surface area contributed by atoms with Gasteiger partial charge in [0.05, 0.1) is 12.0 Å². The SMILES string of the molecule is Cc1c(Nc2nccc3cc(CN4CC[C@@H](O)C4)cnc23)cccc1-c1cccc(-c2nc3cc4c(c(C#N)c3o2)CC[C@H]4N2CCC(C(=O)O)CC2)c1C. The number of piperidine rings is 1. The molecule has 278 valence electrons. The molecular weight excluding hydrogens is 691 g/mol. The number of hydrogen-bond donors (Lipinski definition) is 3. The van der Waals surface area contributed by atoms with Gasteiger partial charge in [-0.3, -0.25) is 19.6 Å². The van der Waals surface area contributed by atoms with E-state index in [-0.39, 0.29) is 18.1 Å². The van der Waals surface area contributed by atoms with Crippen molar-refractivity contribution < 1.29 is 19.4 Å². The van der Waals surface area contributed by atoms with Crippen molar-refractivity contribution in [3.63, 3.8) is 0 Å². The van der Waals surface area contributed by atoms with Crippen molar-refractivity contribution in [1.29, 1.82) is 5.26 Å². The third kappa shape index (κ3) is 6.40. The third-order valence-electron chi connectivity index (χ3n) is 12.0. The second-order valence-corrected chi connectivity index (χ2v) is 15.3. The van der Waals surface area contributed by atoms with Gasteiger partial charge in [0.25, 0.3) is 0 Å². The number of carboxylic acids is 1. The summed E-state index contributed by atoms with van der Waals surface area (Å²) in [6.45, 7) is 7.98. The van der Waals surface area contributed by atoms with Gasteiger partial charge in [-0.2, -0.15) is 5.26 Å². The number of anilines is 2. The highest BCUT2D eigenvalue weighted by Gasteiger charge is 2.35. The average Bonchev–Trinajstić information content (AvgIpc) is 3.93. The zero-order valence-corrected chi connectivity index (χ0v) is 31.0. The van der Waals surface area contributed by atoms with Crippen LogP contribution < -0.4 is 5.32 Å². The molecule has 2 atom stereocenters. The van der Waals surface area contributed by atoms with Gasteiger partial charge in [0.2, 0.25) is 5.89 Å². The Labute approximate surface area is 319 Å². The van der Waals surface area contributed by atoms with E-state index in [0.29, 0.717) is 47.8 Å². The maximum Gasteiger partial charge on any atom is 0.306 e. The lowest BCUT2D eigenvalue weighted by Crippen LogP contribution is -2.38. The number of rotatable bonds is 8. The van der Waals surface area contributed by atoms with Crippen LogP contribution in [0.5, 0.6) is 0 Å². The first-order valence-electron chi connectivity index (χ1n) is 19.2. The summed E-state index contributed by atoms with van der Waals surface area (Å²) in [7, 11) is 0. The van der Waals surface area contributed by atoms with Crippen LogP contribution in [0.2, 0.25) is 0 Å². The minimum atomic E-state index is -0.713. The standard InChI is InChI=1S/C44H43N7O4/c1-25-31(32-6-4-8-37(26(32)2)48-42-40-29(11-15-46-42)19-27(22-47-40)23-50-16-14-30(52)24-50)5-3-7-33(25)43-49-38-20-35-34(36(21-45)41(38)55-43)9-10-39(35)51-17-12-28(13-18-51)44(53)54/h3-8,11,15,19-20,22,28,30,39,52H,9-10,12-14,16-18,23-24H2,1-2H3,(H,46,48)(H,53,54)/t30-,39-/m1/s1. The number of aliphatic hydroxyl groups excluding tert-OH is 1. The van der Waals surface area contributed by atoms with Crippen LogP contribution in [0.15, 0.2) is 71.4 Å². The number of β-amino-alcohol motifs (C(OH)–C–C–N with tert-alkyl or cyclic N) is 1. The number of likely N-dealkylation sites (tertiary alicyclic amines) is 2. The van der Waals surface area contributed by atoms with Crippen LogP contribution in [-0.4, -0.2) is 73.2 Å².